The Bertz CT molecular complexity index is 787. The van der Waals surface area contributed by atoms with E-state index in [1.807, 2.05) is 12.4 Å². The highest BCUT2D eigenvalue weighted by Gasteiger charge is 2.20. The minimum absolute atomic E-state index is 0.940. The predicted molar refractivity (Wildman–Crippen MR) is 143 cm³/mol. The van der Waals surface area contributed by atoms with Crippen LogP contribution >= 0.6 is 0 Å². The number of nitrogens with zero attached hydrogens (tertiary/aromatic N) is 2. The average Bonchev–Trinajstić information content (AvgIpc) is 2.84. The molecule has 2 heteroatoms. The van der Waals surface area contributed by atoms with Crippen LogP contribution in [0.3, 0.4) is 0 Å². The molecule has 0 unspecified atom stereocenters. The molecule has 1 aromatic heterocycles. The van der Waals surface area contributed by atoms with Crippen molar-refractivity contribution < 1.29 is 0 Å². The quantitative estimate of drug-likeness (QED) is 0.269. The van der Waals surface area contributed by atoms with Gasteiger partial charge in [-0.3, -0.25) is 0 Å². The Morgan fingerprint density at radius 3 is 2.00 bits per heavy atom. The largest absolute Gasteiger partial charge is 0.241 e. The minimum atomic E-state index is 0.940. The molecular weight excluding hydrogens is 400 g/mol. The van der Waals surface area contributed by atoms with E-state index in [4.69, 9.17) is 0 Å². The van der Waals surface area contributed by atoms with Crippen molar-refractivity contribution >= 4 is 0 Å². The van der Waals surface area contributed by atoms with E-state index < -0.39 is 0 Å². The van der Waals surface area contributed by atoms with Gasteiger partial charge in [-0.05, 0) is 54.7 Å². The summed E-state index contributed by atoms with van der Waals surface area (Å²) in [4.78, 5) is 9.08. The lowest BCUT2D eigenvalue weighted by Gasteiger charge is -2.28. The highest BCUT2D eigenvalue weighted by molar-refractivity contribution is 5.66. The van der Waals surface area contributed by atoms with Crippen LogP contribution in [0.1, 0.15) is 121 Å². The van der Waals surface area contributed by atoms with Crippen molar-refractivity contribution in [3.05, 3.63) is 47.5 Å². The minimum Gasteiger partial charge on any atom is -0.241 e. The first-order chi connectivity index (χ1) is 16.2. The van der Waals surface area contributed by atoms with Gasteiger partial charge in [0.25, 0.3) is 0 Å². The SMILES string of the molecule is CCCCCCCCC[C@H]1CC[C@H](CCc2ccc(-c3cnc(CCC)nc3)c(C)c2)CC1. The summed E-state index contributed by atoms with van der Waals surface area (Å²) in [6.45, 7) is 6.70. The molecule has 2 nitrogen and oxygen atoms in total. The Kier molecular flexibility index (Phi) is 11.4. The van der Waals surface area contributed by atoms with E-state index in [9.17, 15) is 0 Å². The highest BCUT2D eigenvalue weighted by Crippen LogP contribution is 2.34. The molecule has 0 aliphatic heterocycles. The molecule has 0 bridgehead atoms. The lowest BCUT2D eigenvalue weighted by atomic mass is 9.77. The van der Waals surface area contributed by atoms with Crippen molar-refractivity contribution in [3.63, 3.8) is 0 Å². The normalized spacial score (nSPS) is 18.5. The van der Waals surface area contributed by atoms with Gasteiger partial charge < -0.3 is 0 Å². The summed E-state index contributed by atoms with van der Waals surface area (Å²) >= 11 is 0. The van der Waals surface area contributed by atoms with Gasteiger partial charge in [-0.1, -0.05) is 109 Å². The van der Waals surface area contributed by atoms with E-state index >= 15 is 0 Å². The van der Waals surface area contributed by atoms with Gasteiger partial charge in [0.1, 0.15) is 5.82 Å². The maximum absolute atomic E-state index is 4.54. The number of aryl methyl sites for hydroxylation is 3. The van der Waals surface area contributed by atoms with E-state index in [0.29, 0.717) is 0 Å². The number of unbranched alkanes of at least 4 members (excludes halogenated alkanes) is 6. The Morgan fingerprint density at radius 2 is 1.36 bits per heavy atom. The summed E-state index contributed by atoms with van der Waals surface area (Å²) in [5.41, 5.74) is 5.24. The van der Waals surface area contributed by atoms with Crippen LogP contribution in [0.25, 0.3) is 11.1 Å². The Hall–Kier alpha value is -1.70. The number of hydrogen-bond donors (Lipinski definition) is 0. The first kappa shape index (κ1) is 25.9. The number of hydrogen-bond acceptors (Lipinski definition) is 2. The zero-order chi connectivity index (χ0) is 23.3. The van der Waals surface area contributed by atoms with Gasteiger partial charge >= 0.3 is 0 Å². The Labute approximate surface area is 204 Å². The molecule has 0 atom stereocenters. The topological polar surface area (TPSA) is 25.8 Å². The van der Waals surface area contributed by atoms with Crippen LogP contribution in [0, 0.1) is 18.8 Å². The number of benzene rings is 1. The van der Waals surface area contributed by atoms with Gasteiger partial charge in [-0.2, -0.15) is 0 Å². The summed E-state index contributed by atoms with van der Waals surface area (Å²) in [5.74, 6) is 2.91. The van der Waals surface area contributed by atoms with E-state index in [-0.39, 0.29) is 0 Å². The molecule has 1 aliphatic carbocycles. The average molecular weight is 449 g/mol. The first-order valence-corrected chi connectivity index (χ1v) is 14.1. The molecular formula is C31H48N2. The van der Waals surface area contributed by atoms with Crippen molar-refractivity contribution in [2.24, 2.45) is 11.8 Å². The fraction of sp³-hybridized carbons (Fsp3) is 0.677. The van der Waals surface area contributed by atoms with Crippen LogP contribution in [0.15, 0.2) is 30.6 Å². The summed E-state index contributed by atoms with van der Waals surface area (Å²) < 4.78 is 0. The molecule has 1 fully saturated rings. The molecule has 0 N–H and O–H groups in total. The van der Waals surface area contributed by atoms with Crippen LogP contribution in [-0.2, 0) is 12.8 Å². The van der Waals surface area contributed by atoms with Crippen LogP contribution in [-0.4, -0.2) is 9.97 Å². The highest BCUT2D eigenvalue weighted by atomic mass is 14.9. The van der Waals surface area contributed by atoms with Gasteiger partial charge in [0.05, 0.1) is 0 Å². The summed E-state index contributed by atoms with van der Waals surface area (Å²) in [5, 5.41) is 0. The van der Waals surface area contributed by atoms with Crippen molar-refractivity contribution in [2.45, 2.75) is 124 Å². The second kappa shape index (κ2) is 14.5. The third-order valence-corrected chi connectivity index (χ3v) is 7.80. The van der Waals surface area contributed by atoms with Gasteiger partial charge in [-0.15, -0.1) is 0 Å². The lowest BCUT2D eigenvalue weighted by Crippen LogP contribution is -2.15. The van der Waals surface area contributed by atoms with Crippen LogP contribution < -0.4 is 0 Å². The zero-order valence-corrected chi connectivity index (χ0v) is 21.7. The Morgan fingerprint density at radius 1 is 0.727 bits per heavy atom. The lowest BCUT2D eigenvalue weighted by molar-refractivity contribution is 0.248. The molecule has 1 heterocycles. The maximum Gasteiger partial charge on any atom is 0.128 e. The second-order valence-electron chi connectivity index (χ2n) is 10.6. The summed E-state index contributed by atoms with van der Waals surface area (Å²) in [6.07, 6.45) is 26.1. The second-order valence-corrected chi connectivity index (χ2v) is 10.6. The van der Waals surface area contributed by atoms with Crippen LogP contribution in [0.2, 0.25) is 0 Å². The maximum atomic E-state index is 4.54. The van der Waals surface area contributed by atoms with Crippen LogP contribution in [0.4, 0.5) is 0 Å². The molecule has 182 valence electrons. The van der Waals surface area contributed by atoms with Gasteiger partial charge in [0.2, 0.25) is 0 Å². The fourth-order valence-corrected chi connectivity index (χ4v) is 5.62. The van der Waals surface area contributed by atoms with Gasteiger partial charge in [-0.25, -0.2) is 9.97 Å². The number of aromatic nitrogens is 2. The standard InChI is InChI=1S/C31H48N2/c1-4-6-7-8-9-10-11-13-26-14-16-27(17-15-26)18-19-28-20-21-30(25(3)22-28)29-23-32-31(12-5-2)33-24-29/h20-24,26-27H,4-19H2,1-3H3/t26-,27-. The molecule has 0 spiro atoms. The zero-order valence-electron chi connectivity index (χ0n) is 21.7. The Balaban J connectivity index is 1.36. The fourth-order valence-electron chi connectivity index (χ4n) is 5.62. The first-order valence-electron chi connectivity index (χ1n) is 14.1. The van der Waals surface area contributed by atoms with Gasteiger partial charge in [0, 0.05) is 24.4 Å². The van der Waals surface area contributed by atoms with E-state index in [1.54, 1.807) is 0 Å². The molecule has 0 amide bonds. The molecule has 1 aromatic carbocycles. The smallest absolute Gasteiger partial charge is 0.128 e. The molecule has 3 rings (SSSR count). The molecule has 0 saturated heterocycles. The monoisotopic (exact) mass is 448 g/mol. The molecule has 1 aliphatic rings. The molecule has 0 radical (unpaired) electrons. The van der Waals surface area contributed by atoms with E-state index in [2.05, 4.69) is 48.9 Å². The van der Waals surface area contributed by atoms with Crippen molar-refractivity contribution in [2.75, 3.05) is 0 Å². The summed E-state index contributed by atoms with van der Waals surface area (Å²) in [7, 11) is 0. The van der Waals surface area contributed by atoms with Gasteiger partial charge in [0.15, 0.2) is 0 Å². The van der Waals surface area contributed by atoms with E-state index in [0.717, 1.165) is 36.1 Å². The molecule has 33 heavy (non-hydrogen) atoms. The van der Waals surface area contributed by atoms with E-state index in [1.165, 1.54) is 107 Å². The molecule has 2 aromatic rings. The predicted octanol–water partition coefficient (Wildman–Crippen LogP) is 9.28. The third-order valence-electron chi connectivity index (χ3n) is 7.80. The summed E-state index contributed by atoms with van der Waals surface area (Å²) in [6, 6.07) is 7.00. The van der Waals surface area contributed by atoms with Crippen LogP contribution in [0.5, 0.6) is 0 Å². The van der Waals surface area contributed by atoms with Crippen molar-refractivity contribution in [1.82, 2.24) is 9.97 Å². The molecule has 1 saturated carbocycles. The van der Waals surface area contributed by atoms with Crippen molar-refractivity contribution in [3.8, 4) is 11.1 Å². The number of rotatable bonds is 14. The third kappa shape index (κ3) is 8.87. The van der Waals surface area contributed by atoms with Crippen molar-refractivity contribution in [1.29, 1.82) is 0 Å².